The summed E-state index contributed by atoms with van der Waals surface area (Å²) in [6.45, 7) is 14.1. The fourth-order valence-corrected chi connectivity index (χ4v) is 4.89. The summed E-state index contributed by atoms with van der Waals surface area (Å²) in [4.78, 5) is 29.6. The van der Waals surface area contributed by atoms with Crippen molar-refractivity contribution in [1.82, 2.24) is 0 Å². The van der Waals surface area contributed by atoms with Gasteiger partial charge in [-0.15, -0.1) is 0 Å². The maximum Gasteiger partial charge on any atom is 0.235 e. The third-order valence-electron chi connectivity index (χ3n) is 5.90. The molecule has 1 saturated carbocycles. The molecule has 1 fully saturated rings. The van der Waals surface area contributed by atoms with Crippen molar-refractivity contribution in [3.63, 3.8) is 0 Å². The second kappa shape index (κ2) is 8.23. The van der Waals surface area contributed by atoms with Gasteiger partial charge in [-0.05, 0) is 61.2 Å². The quantitative estimate of drug-likeness (QED) is 0.370. The number of rotatable bonds is 7. The van der Waals surface area contributed by atoms with Crippen LogP contribution >= 0.6 is 0 Å². The van der Waals surface area contributed by atoms with Gasteiger partial charge >= 0.3 is 0 Å². The summed E-state index contributed by atoms with van der Waals surface area (Å²) >= 11 is 0. The lowest BCUT2D eigenvalue weighted by molar-refractivity contribution is 0.0798. The van der Waals surface area contributed by atoms with E-state index in [9.17, 15) is 9.59 Å². The number of isocyanates is 2. The average molecular weight is 335 g/mol. The van der Waals surface area contributed by atoms with Crippen LogP contribution in [0.3, 0.4) is 0 Å². The molecule has 1 aliphatic rings. The zero-order valence-corrected chi connectivity index (χ0v) is 16.3. The minimum Gasteiger partial charge on any atom is -0.211 e. The van der Waals surface area contributed by atoms with E-state index >= 15 is 0 Å². The smallest absolute Gasteiger partial charge is 0.211 e. The standard InChI is InChI=1S/C20H34N2O2/c1-16-7-9-20(22-15-24,13-18(3,4)11-16)19(5,6)12-17(2)8-10-21-14-23/h16-17H,7-13H2,1-6H3. The molecule has 0 radical (unpaired) electrons. The Hall–Kier alpha value is -1.24. The molecule has 4 nitrogen and oxygen atoms in total. The summed E-state index contributed by atoms with van der Waals surface area (Å²) in [7, 11) is 0. The molecule has 1 aliphatic carbocycles. The van der Waals surface area contributed by atoms with Crippen LogP contribution in [0.25, 0.3) is 0 Å². The molecular formula is C20H34N2O2. The van der Waals surface area contributed by atoms with Gasteiger partial charge in [0.05, 0.1) is 12.1 Å². The SMILES string of the molecule is CC1CCC(N=C=O)(C(C)(C)CC(C)CCN=C=O)CC(C)(C)C1. The summed E-state index contributed by atoms with van der Waals surface area (Å²) < 4.78 is 0. The molecule has 0 aromatic heterocycles. The van der Waals surface area contributed by atoms with Crippen LogP contribution in [-0.4, -0.2) is 24.2 Å². The largest absolute Gasteiger partial charge is 0.235 e. The predicted octanol–water partition coefficient (Wildman–Crippen LogP) is 5.08. The second-order valence-corrected chi connectivity index (χ2v) is 9.38. The number of hydrogen-bond donors (Lipinski definition) is 0. The van der Waals surface area contributed by atoms with Crippen LogP contribution in [0.5, 0.6) is 0 Å². The Bertz CT molecular complexity index is 514. The molecule has 24 heavy (non-hydrogen) atoms. The summed E-state index contributed by atoms with van der Waals surface area (Å²) in [6, 6.07) is 0. The van der Waals surface area contributed by atoms with E-state index in [0.717, 1.165) is 32.1 Å². The zero-order valence-electron chi connectivity index (χ0n) is 16.3. The van der Waals surface area contributed by atoms with Gasteiger partial charge in [-0.1, -0.05) is 41.5 Å². The Labute approximate surface area is 147 Å². The van der Waals surface area contributed by atoms with Crippen LogP contribution in [-0.2, 0) is 9.59 Å². The monoisotopic (exact) mass is 334 g/mol. The molecule has 0 aromatic carbocycles. The lowest BCUT2D eigenvalue weighted by Crippen LogP contribution is -2.46. The first-order valence-electron chi connectivity index (χ1n) is 9.20. The second-order valence-electron chi connectivity index (χ2n) is 9.38. The number of nitrogens with zero attached hydrogens (tertiary/aromatic N) is 2. The van der Waals surface area contributed by atoms with E-state index in [1.54, 1.807) is 6.08 Å². The van der Waals surface area contributed by atoms with Crippen molar-refractivity contribution in [2.45, 2.75) is 85.6 Å². The van der Waals surface area contributed by atoms with Gasteiger partial charge in [0.1, 0.15) is 0 Å². The number of hydrogen-bond acceptors (Lipinski definition) is 4. The van der Waals surface area contributed by atoms with Crippen molar-refractivity contribution in [3.05, 3.63) is 0 Å². The molecule has 0 aromatic rings. The van der Waals surface area contributed by atoms with Crippen molar-refractivity contribution in [2.24, 2.45) is 32.7 Å². The lowest BCUT2D eigenvalue weighted by atomic mass is 9.61. The topological polar surface area (TPSA) is 58.9 Å². The third kappa shape index (κ3) is 5.40. The lowest BCUT2D eigenvalue weighted by Gasteiger charge is -2.47. The molecule has 4 heteroatoms. The molecule has 0 aliphatic heterocycles. The highest BCUT2D eigenvalue weighted by Crippen LogP contribution is 2.53. The Balaban J connectivity index is 3.06. The number of aliphatic imine (C=N–C) groups is 2. The van der Waals surface area contributed by atoms with Crippen LogP contribution < -0.4 is 0 Å². The molecular weight excluding hydrogens is 300 g/mol. The summed E-state index contributed by atoms with van der Waals surface area (Å²) in [6.07, 6.45) is 9.45. The number of carbonyl (C=O) groups excluding carboxylic acids is 2. The highest BCUT2D eigenvalue weighted by atomic mass is 16.1. The van der Waals surface area contributed by atoms with Crippen LogP contribution in [0.2, 0.25) is 0 Å². The van der Waals surface area contributed by atoms with E-state index in [2.05, 4.69) is 51.5 Å². The molecule has 136 valence electrons. The molecule has 0 spiro atoms. The van der Waals surface area contributed by atoms with E-state index in [1.807, 2.05) is 6.08 Å². The van der Waals surface area contributed by atoms with Crippen molar-refractivity contribution < 1.29 is 9.59 Å². The summed E-state index contributed by atoms with van der Waals surface area (Å²) in [5.74, 6) is 1.07. The van der Waals surface area contributed by atoms with Crippen LogP contribution in [0, 0.1) is 22.7 Å². The third-order valence-corrected chi connectivity index (χ3v) is 5.90. The Morgan fingerprint density at radius 2 is 1.92 bits per heavy atom. The van der Waals surface area contributed by atoms with Crippen LogP contribution in [0.4, 0.5) is 0 Å². The Morgan fingerprint density at radius 1 is 1.25 bits per heavy atom. The van der Waals surface area contributed by atoms with Gasteiger partial charge in [-0.25, -0.2) is 14.6 Å². The summed E-state index contributed by atoms with van der Waals surface area (Å²) in [5.41, 5.74) is -0.292. The normalized spacial score (nSPS) is 28.2. The highest BCUT2D eigenvalue weighted by molar-refractivity contribution is 5.36. The highest BCUT2D eigenvalue weighted by Gasteiger charge is 2.50. The Morgan fingerprint density at radius 3 is 2.50 bits per heavy atom. The van der Waals surface area contributed by atoms with Gasteiger partial charge in [0.25, 0.3) is 0 Å². The van der Waals surface area contributed by atoms with E-state index in [-0.39, 0.29) is 16.4 Å². The first kappa shape index (κ1) is 20.8. The van der Waals surface area contributed by atoms with E-state index in [1.165, 1.54) is 6.42 Å². The van der Waals surface area contributed by atoms with Gasteiger partial charge in [-0.3, -0.25) is 0 Å². The maximum atomic E-state index is 11.3. The maximum absolute atomic E-state index is 11.3. The van der Waals surface area contributed by atoms with Crippen molar-refractivity contribution >= 4 is 12.2 Å². The molecule has 1 rings (SSSR count). The molecule has 0 bridgehead atoms. The van der Waals surface area contributed by atoms with Gasteiger partial charge in [-0.2, -0.15) is 4.99 Å². The van der Waals surface area contributed by atoms with Gasteiger partial charge in [0.15, 0.2) is 0 Å². The van der Waals surface area contributed by atoms with Crippen molar-refractivity contribution in [1.29, 1.82) is 0 Å². The summed E-state index contributed by atoms with van der Waals surface area (Å²) in [5, 5.41) is 0. The van der Waals surface area contributed by atoms with Crippen molar-refractivity contribution in [3.8, 4) is 0 Å². The molecule has 3 atom stereocenters. The average Bonchev–Trinajstić information content (AvgIpc) is 2.55. The van der Waals surface area contributed by atoms with Gasteiger partial charge in [0.2, 0.25) is 12.2 Å². The van der Waals surface area contributed by atoms with Crippen LogP contribution in [0.15, 0.2) is 9.98 Å². The minimum atomic E-state index is -0.356. The fraction of sp³-hybridized carbons (Fsp3) is 0.900. The van der Waals surface area contributed by atoms with E-state index in [4.69, 9.17) is 0 Å². The van der Waals surface area contributed by atoms with Crippen LogP contribution in [0.1, 0.15) is 80.1 Å². The molecule has 0 heterocycles. The van der Waals surface area contributed by atoms with E-state index < -0.39 is 0 Å². The van der Waals surface area contributed by atoms with Gasteiger partial charge in [0, 0.05) is 0 Å². The van der Waals surface area contributed by atoms with Crippen molar-refractivity contribution in [2.75, 3.05) is 6.54 Å². The first-order valence-corrected chi connectivity index (χ1v) is 9.20. The zero-order chi connectivity index (χ0) is 18.4. The molecule has 0 N–H and O–H groups in total. The first-order chi connectivity index (χ1) is 11.1. The van der Waals surface area contributed by atoms with E-state index in [0.29, 0.717) is 18.4 Å². The fourth-order valence-electron chi connectivity index (χ4n) is 4.89. The predicted molar refractivity (Wildman–Crippen MR) is 97.4 cm³/mol. The Kier molecular flexibility index (Phi) is 7.13. The van der Waals surface area contributed by atoms with Gasteiger partial charge < -0.3 is 0 Å². The molecule has 0 amide bonds. The minimum absolute atomic E-state index is 0.101. The molecule has 3 unspecified atom stereocenters. The molecule has 0 saturated heterocycles.